The van der Waals surface area contributed by atoms with Crippen LogP contribution in [0.1, 0.15) is 99.3 Å². The molecule has 0 spiro atoms. The predicted molar refractivity (Wildman–Crippen MR) is 138 cm³/mol. The van der Waals surface area contributed by atoms with Crippen LogP contribution in [0.5, 0.6) is 0 Å². The lowest BCUT2D eigenvalue weighted by atomic mass is 9.31. The number of carbonyl (C=O) groups excluding carboxylic acids is 1. The van der Waals surface area contributed by atoms with E-state index in [1.54, 1.807) is 0 Å². The molecule has 12 atom stereocenters. The summed E-state index contributed by atoms with van der Waals surface area (Å²) in [6.45, 7) is 18.4. The molecular formula is C31H50O4. The van der Waals surface area contributed by atoms with Gasteiger partial charge in [-0.3, -0.25) is 4.79 Å². The average molecular weight is 487 g/mol. The smallest absolute Gasteiger partial charge is 0.314 e. The molecule has 0 aromatic heterocycles. The van der Waals surface area contributed by atoms with Crippen molar-refractivity contribution in [1.29, 1.82) is 0 Å². The number of methoxy groups -OCH3 is 1. The van der Waals surface area contributed by atoms with Crippen molar-refractivity contribution in [3.63, 3.8) is 0 Å². The quantitative estimate of drug-likeness (QED) is 0.363. The first-order valence-corrected chi connectivity index (χ1v) is 14.3. The van der Waals surface area contributed by atoms with E-state index in [-0.39, 0.29) is 39.7 Å². The molecule has 0 aromatic carbocycles. The van der Waals surface area contributed by atoms with E-state index in [2.05, 4.69) is 41.2 Å². The summed E-state index contributed by atoms with van der Waals surface area (Å²) in [6, 6.07) is 0. The van der Waals surface area contributed by atoms with Gasteiger partial charge >= 0.3 is 5.97 Å². The summed E-state index contributed by atoms with van der Waals surface area (Å²) >= 11 is 0. The Labute approximate surface area is 213 Å². The van der Waals surface area contributed by atoms with Gasteiger partial charge in [0.1, 0.15) is 0 Å². The predicted octanol–water partition coefficient (Wildman–Crippen LogP) is 6.15. The maximum Gasteiger partial charge on any atom is 0.314 e. The van der Waals surface area contributed by atoms with Gasteiger partial charge in [0.2, 0.25) is 0 Å². The highest BCUT2D eigenvalue weighted by molar-refractivity contribution is 5.78. The Hall–Kier alpha value is -0.870. The van der Waals surface area contributed by atoms with Gasteiger partial charge in [-0.2, -0.15) is 0 Å². The highest BCUT2D eigenvalue weighted by Gasteiger charge is 2.73. The van der Waals surface area contributed by atoms with Crippen molar-refractivity contribution in [1.82, 2.24) is 0 Å². The maximum absolute atomic E-state index is 13.1. The fraction of sp³-hybridized carbons (Fsp3) is 0.903. The highest BCUT2D eigenvalue weighted by Crippen LogP contribution is 2.78. The second-order valence-corrected chi connectivity index (χ2v) is 14.7. The van der Waals surface area contributed by atoms with Crippen LogP contribution in [-0.2, 0) is 9.53 Å². The van der Waals surface area contributed by atoms with Crippen LogP contribution in [0.3, 0.4) is 0 Å². The van der Waals surface area contributed by atoms with Crippen molar-refractivity contribution in [3.05, 3.63) is 12.2 Å². The van der Waals surface area contributed by atoms with Crippen LogP contribution < -0.4 is 0 Å². The third kappa shape index (κ3) is 2.96. The minimum atomic E-state index is -0.879. The van der Waals surface area contributed by atoms with Gasteiger partial charge in [-0.1, -0.05) is 39.8 Å². The van der Waals surface area contributed by atoms with Gasteiger partial charge in [0.25, 0.3) is 0 Å². The molecule has 5 saturated carbocycles. The molecule has 0 aromatic rings. The molecule has 0 radical (unpaired) electrons. The van der Waals surface area contributed by atoms with E-state index in [0.29, 0.717) is 30.1 Å². The summed E-state index contributed by atoms with van der Waals surface area (Å²) in [6.07, 6.45) is 8.18. The largest absolute Gasteiger partial charge is 0.469 e. The Bertz CT molecular complexity index is 914. The Kier molecular flexibility index (Phi) is 5.76. The monoisotopic (exact) mass is 486 g/mol. The van der Waals surface area contributed by atoms with Gasteiger partial charge in [-0.25, -0.2) is 0 Å². The van der Waals surface area contributed by atoms with Crippen LogP contribution in [0.15, 0.2) is 12.2 Å². The zero-order chi connectivity index (χ0) is 25.8. The normalized spacial score (nSPS) is 57.3. The number of ether oxygens (including phenoxy) is 1. The number of fused-ring (bicyclic) bond motifs is 7. The van der Waals surface area contributed by atoms with Crippen LogP contribution in [0.2, 0.25) is 0 Å². The van der Waals surface area contributed by atoms with Gasteiger partial charge in [0.15, 0.2) is 0 Å². The van der Waals surface area contributed by atoms with E-state index >= 15 is 0 Å². The molecule has 0 bridgehead atoms. The van der Waals surface area contributed by atoms with E-state index in [0.717, 1.165) is 25.7 Å². The first kappa shape index (κ1) is 25.8. The molecule has 0 saturated heterocycles. The summed E-state index contributed by atoms with van der Waals surface area (Å²) in [5.74, 6) is 1.67. The molecule has 0 amide bonds. The number of allylic oxidation sites excluding steroid dienone is 1. The van der Waals surface area contributed by atoms with E-state index in [4.69, 9.17) is 4.74 Å². The SMILES string of the molecule is C=C(C)C1CCC2(C)C1CCC1(C)C2C(O)CC2C3(C)CCC(O)C(C)(C(=O)OC)C3CCC21C. The standard InChI is InChI=1S/C31H50O4/c1-18(2)19-9-13-27(3)20(19)10-15-30(6)25(27)21(32)17-23-28(4)14-12-24(33)31(7,26(34)35-8)22(28)11-16-29(23,30)5/h19-25,32-33H,1,9-17H2,2-8H3. The van der Waals surface area contributed by atoms with E-state index in [9.17, 15) is 15.0 Å². The summed E-state index contributed by atoms with van der Waals surface area (Å²) in [7, 11) is 1.45. The molecule has 0 heterocycles. The third-order valence-electron chi connectivity index (χ3n) is 13.8. The van der Waals surface area contributed by atoms with Crippen molar-refractivity contribution in [2.24, 2.45) is 56.7 Å². The van der Waals surface area contributed by atoms with Gasteiger partial charge in [0.05, 0.1) is 24.7 Å². The topological polar surface area (TPSA) is 66.8 Å². The van der Waals surface area contributed by atoms with Crippen LogP contribution >= 0.6 is 0 Å². The number of aliphatic hydroxyl groups is 2. The summed E-state index contributed by atoms with van der Waals surface area (Å²) in [4.78, 5) is 13.1. The number of hydrogen-bond donors (Lipinski definition) is 2. The molecule has 5 aliphatic rings. The fourth-order valence-corrected chi connectivity index (χ4v) is 12.0. The van der Waals surface area contributed by atoms with Crippen LogP contribution in [0.4, 0.5) is 0 Å². The second-order valence-electron chi connectivity index (χ2n) is 14.7. The molecule has 4 heteroatoms. The van der Waals surface area contributed by atoms with Crippen LogP contribution in [-0.4, -0.2) is 35.5 Å². The molecule has 0 aliphatic heterocycles. The Balaban J connectivity index is 1.57. The molecule has 198 valence electrons. The van der Waals surface area contributed by atoms with Gasteiger partial charge in [0, 0.05) is 0 Å². The van der Waals surface area contributed by atoms with Gasteiger partial charge < -0.3 is 14.9 Å². The average Bonchev–Trinajstić information content (AvgIpc) is 3.14. The van der Waals surface area contributed by atoms with Crippen molar-refractivity contribution in [2.45, 2.75) is 112 Å². The Morgan fingerprint density at radius 2 is 1.49 bits per heavy atom. The third-order valence-corrected chi connectivity index (χ3v) is 13.8. The molecule has 2 N–H and O–H groups in total. The van der Waals surface area contributed by atoms with Gasteiger partial charge in [-0.05, 0) is 123 Å². The first-order valence-electron chi connectivity index (χ1n) is 14.3. The molecule has 12 unspecified atom stereocenters. The first-order chi connectivity index (χ1) is 16.2. The molecule has 35 heavy (non-hydrogen) atoms. The summed E-state index contributed by atoms with van der Waals surface area (Å²) in [5, 5.41) is 23.1. The number of hydrogen-bond acceptors (Lipinski definition) is 4. The Morgan fingerprint density at radius 1 is 0.857 bits per heavy atom. The molecule has 5 fully saturated rings. The fourth-order valence-electron chi connectivity index (χ4n) is 12.0. The Morgan fingerprint density at radius 3 is 2.11 bits per heavy atom. The summed E-state index contributed by atoms with van der Waals surface area (Å²) < 4.78 is 5.28. The lowest BCUT2D eigenvalue weighted by molar-refractivity contribution is -0.277. The van der Waals surface area contributed by atoms with Crippen molar-refractivity contribution < 1.29 is 19.7 Å². The van der Waals surface area contributed by atoms with E-state index in [1.807, 2.05) is 6.92 Å². The molecule has 4 nitrogen and oxygen atoms in total. The number of esters is 1. The van der Waals surface area contributed by atoms with Crippen molar-refractivity contribution in [2.75, 3.05) is 7.11 Å². The zero-order valence-corrected chi connectivity index (χ0v) is 23.3. The van der Waals surface area contributed by atoms with E-state index in [1.165, 1.54) is 38.4 Å². The molecular weight excluding hydrogens is 436 g/mol. The van der Waals surface area contributed by atoms with Crippen molar-refractivity contribution >= 4 is 5.97 Å². The minimum absolute atomic E-state index is 0.0657. The van der Waals surface area contributed by atoms with E-state index < -0.39 is 11.5 Å². The number of rotatable bonds is 2. The van der Waals surface area contributed by atoms with Crippen LogP contribution in [0.25, 0.3) is 0 Å². The van der Waals surface area contributed by atoms with Crippen molar-refractivity contribution in [3.8, 4) is 0 Å². The lowest BCUT2D eigenvalue weighted by Gasteiger charge is -2.73. The van der Waals surface area contributed by atoms with Gasteiger partial charge in [-0.15, -0.1) is 0 Å². The van der Waals surface area contributed by atoms with Crippen LogP contribution in [0, 0.1) is 56.7 Å². The lowest BCUT2D eigenvalue weighted by Crippen LogP contribution is -2.70. The maximum atomic E-state index is 13.1. The number of carbonyl (C=O) groups is 1. The summed E-state index contributed by atoms with van der Waals surface area (Å²) in [5.41, 5.74) is 0.679. The number of aliphatic hydroxyl groups excluding tert-OH is 2. The second kappa shape index (κ2) is 7.82. The minimum Gasteiger partial charge on any atom is -0.469 e. The zero-order valence-electron chi connectivity index (χ0n) is 23.3. The molecule has 5 rings (SSSR count). The highest BCUT2D eigenvalue weighted by atomic mass is 16.5. The molecule has 5 aliphatic carbocycles.